The molecule has 0 spiro atoms. The van der Waals surface area contributed by atoms with E-state index in [4.69, 9.17) is 27.9 Å². The van der Waals surface area contributed by atoms with Crippen LogP contribution in [0.15, 0.2) is 67.5 Å². The molecule has 0 aliphatic rings. The Balaban J connectivity index is 1.60. The van der Waals surface area contributed by atoms with Gasteiger partial charge in [-0.3, -0.25) is 0 Å². The van der Waals surface area contributed by atoms with Crippen molar-refractivity contribution in [1.29, 1.82) is 0 Å². The molecule has 4 aromatic rings. The number of ether oxygens (including phenoxy) is 1. The highest BCUT2D eigenvalue weighted by atomic mass is 35.5. The fraction of sp³-hybridized carbons (Fsp3) is 0.158. The van der Waals surface area contributed by atoms with Gasteiger partial charge in [0, 0.05) is 28.0 Å². The molecule has 0 N–H and O–H groups in total. The maximum atomic E-state index is 6.41. The third-order valence-electron chi connectivity index (χ3n) is 4.19. The minimum Gasteiger partial charge on any atom is -0.351 e. The Morgan fingerprint density at radius 2 is 1.96 bits per heavy atom. The second-order valence-electron chi connectivity index (χ2n) is 5.91. The van der Waals surface area contributed by atoms with Gasteiger partial charge in [0.25, 0.3) is 0 Å². The van der Waals surface area contributed by atoms with Gasteiger partial charge in [0.15, 0.2) is 0 Å². The standard InChI is InChI=1S/C19H16Cl2N4O/c20-14-5-6-15(16(21)9-14)19(10-24-8-7-22-11-24)26-13-25-12-23-17-3-1-2-4-18(17)25/h1-9,11-12,19H,10,13H2. The van der Waals surface area contributed by atoms with Crippen LogP contribution in [0.2, 0.25) is 10.0 Å². The molecule has 0 saturated carbocycles. The molecule has 7 heteroatoms. The van der Waals surface area contributed by atoms with Crippen molar-refractivity contribution in [3.05, 3.63) is 83.1 Å². The molecule has 4 rings (SSSR count). The van der Waals surface area contributed by atoms with Crippen molar-refractivity contribution in [3.8, 4) is 0 Å². The van der Waals surface area contributed by atoms with Crippen LogP contribution in [-0.4, -0.2) is 19.1 Å². The van der Waals surface area contributed by atoms with Gasteiger partial charge in [-0.25, -0.2) is 9.97 Å². The molecule has 2 aromatic heterocycles. The molecule has 1 atom stereocenters. The van der Waals surface area contributed by atoms with Gasteiger partial charge in [-0.15, -0.1) is 0 Å². The molecule has 0 bridgehead atoms. The maximum Gasteiger partial charge on any atom is 0.125 e. The average Bonchev–Trinajstić information content (AvgIpc) is 3.29. The van der Waals surface area contributed by atoms with Crippen LogP contribution in [0, 0.1) is 0 Å². The minimum absolute atomic E-state index is 0.255. The van der Waals surface area contributed by atoms with E-state index < -0.39 is 0 Å². The highest BCUT2D eigenvalue weighted by Crippen LogP contribution is 2.30. The highest BCUT2D eigenvalue weighted by molar-refractivity contribution is 6.35. The number of aromatic nitrogens is 4. The van der Waals surface area contributed by atoms with Crippen molar-refractivity contribution < 1.29 is 4.74 Å². The summed E-state index contributed by atoms with van der Waals surface area (Å²) in [6, 6.07) is 13.4. The summed E-state index contributed by atoms with van der Waals surface area (Å²) in [6.07, 6.45) is 6.92. The predicted molar refractivity (Wildman–Crippen MR) is 102 cm³/mol. The number of hydrogen-bond donors (Lipinski definition) is 0. The third kappa shape index (κ3) is 3.60. The Kier molecular flexibility index (Phi) is 4.93. The Morgan fingerprint density at radius 3 is 2.77 bits per heavy atom. The van der Waals surface area contributed by atoms with E-state index in [1.54, 1.807) is 24.9 Å². The molecule has 0 fully saturated rings. The lowest BCUT2D eigenvalue weighted by atomic mass is 10.1. The van der Waals surface area contributed by atoms with E-state index in [-0.39, 0.29) is 6.10 Å². The van der Waals surface area contributed by atoms with Crippen LogP contribution in [0.4, 0.5) is 0 Å². The summed E-state index contributed by atoms with van der Waals surface area (Å²) >= 11 is 12.4. The zero-order valence-corrected chi connectivity index (χ0v) is 15.3. The van der Waals surface area contributed by atoms with Gasteiger partial charge in [0.05, 0.1) is 30.2 Å². The molecule has 0 amide bonds. The minimum atomic E-state index is -0.255. The Bertz CT molecular complexity index is 1010. The quantitative estimate of drug-likeness (QED) is 0.470. The number of para-hydroxylation sites is 2. The number of fused-ring (bicyclic) bond motifs is 1. The van der Waals surface area contributed by atoms with E-state index >= 15 is 0 Å². The van der Waals surface area contributed by atoms with Crippen LogP contribution in [0.1, 0.15) is 11.7 Å². The van der Waals surface area contributed by atoms with Gasteiger partial charge < -0.3 is 13.9 Å². The summed E-state index contributed by atoms with van der Waals surface area (Å²) in [5, 5.41) is 1.18. The number of benzene rings is 2. The SMILES string of the molecule is Clc1ccc(C(Cn2ccnc2)OCn2cnc3ccccc32)c(Cl)c1. The molecule has 5 nitrogen and oxygen atoms in total. The van der Waals surface area contributed by atoms with Crippen LogP contribution in [-0.2, 0) is 18.0 Å². The van der Waals surface area contributed by atoms with Crippen molar-refractivity contribution in [3.63, 3.8) is 0 Å². The monoisotopic (exact) mass is 386 g/mol. The molecule has 0 aliphatic heterocycles. The molecule has 1 unspecified atom stereocenters. The van der Waals surface area contributed by atoms with E-state index in [9.17, 15) is 0 Å². The Labute approximate surface area is 160 Å². The van der Waals surface area contributed by atoms with E-state index in [1.807, 2.05) is 51.7 Å². The summed E-state index contributed by atoms with van der Waals surface area (Å²) < 4.78 is 10.2. The summed E-state index contributed by atoms with van der Waals surface area (Å²) in [7, 11) is 0. The van der Waals surface area contributed by atoms with Gasteiger partial charge in [-0.05, 0) is 24.3 Å². The zero-order chi connectivity index (χ0) is 17.9. The smallest absolute Gasteiger partial charge is 0.125 e. The number of imidazole rings is 2. The Morgan fingerprint density at radius 1 is 1.08 bits per heavy atom. The molecule has 0 saturated heterocycles. The lowest BCUT2D eigenvalue weighted by molar-refractivity contribution is -0.00238. The molecule has 2 heterocycles. The number of rotatable bonds is 6. The summed E-state index contributed by atoms with van der Waals surface area (Å²) in [6.45, 7) is 0.951. The molecule has 132 valence electrons. The van der Waals surface area contributed by atoms with Crippen LogP contribution in [0.5, 0.6) is 0 Å². The fourth-order valence-corrected chi connectivity index (χ4v) is 3.40. The lowest BCUT2D eigenvalue weighted by Crippen LogP contribution is -2.14. The number of halogens is 2. The van der Waals surface area contributed by atoms with Crippen LogP contribution >= 0.6 is 23.2 Å². The van der Waals surface area contributed by atoms with E-state index in [0.717, 1.165) is 16.6 Å². The molecular formula is C19H16Cl2N4O. The van der Waals surface area contributed by atoms with Crippen molar-refractivity contribution >= 4 is 34.2 Å². The van der Waals surface area contributed by atoms with Gasteiger partial charge in [-0.1, -0.05) is 41.4 Å². The molecule has 0 aliphatic carbocycles. The van der Waals surface area contributed by atoms with E-state index in [0.29, 0.717) is 23.3 Å². The van der Waals surface area contributed by atoms with Gasteiger partial charge in [0.2, 0.25) is 0 Å². The molecule has 26 heavy (non-hydrogen) atoms. The Hall–Kier alpha value is -2.34. The number of hydrogen-bond acceptors (Lipinski definition) is 3. The first kappa shape index (κ1) is 17.1. The summed E-state index contributed by atoms with van der Waals surface area (Å²) in [5.41, 5.74) is 2.84. The lowest BCUT2D eigenvalue weighted by Gasteiger charge is -2.20. The summed E-state index contributed by atoms with van der Waals surface area (Å²) in [4.78, 5) is 8.49. The van der Waals surface area contributed by atoms with Crippen LogP contribution in [0.3, 0.4) is 0 Å². The first-order valence-corrected chi connectivity index (χ1v) is 8.88. The summed E-state index contributed by atoms with van der Waals surface area (Å²) in [5.74, 6) is 0. The van der Waals surface area contributed by atoms with Gasteiger partial charge >= 0.3 is 0 Å². The first-order valence-electron chi connectivity index (χ1n) is 8.13. The van der Waals surface area contributed by atoms with E-state index in [2.05, 4.69) is 9.97 Å². The number of nitrogens with zero attached hydrogens (tertiary/aromatic N) is 4. The predicted octanol–water partition coefficient (Wildman–Crippen LogP) is 4.96. The van der Waals surface area contributed by atoms with Crippen LogP contribution in [0.25, 0.3) is 11.0 Å². The highest BCUT2D eigenvalue weighted by Gasteiger charge is 2.17. The van der Waals surface area contributed by atoms with E-state index in [1.165, 1.54) is 0 Å². The van der Waals surface area contributed by atoms with Crippen molar-refractivity contribution in [1.82, 2.24) is 19.1 Å². The topological polar surface area (TPSA) is 44.9 Å². The molecule has 0 radical (unpaired) electrons. The largest absolute Gasteiger partial charge is 0.351 e. The van der Waals surface area contributed by atoms with Gasteiger partial charge in [0.1, 0.15) is 12.8 Å². The zero-order valence-electron chi connectivity index (χ0n) is 13.8. The first-order chi connectivity index (χ1) is 12.7. The maximum absolute atomic E-state index is 6.41. The van der Waals surface area contributed by atoms with Crippen molar-refractivity contribution in [2.75, 3.05) is 0 Å². The van der Waals surface area contributed by atoms with Crippen molar-refractivity contribution in [2.24, 2.45) is 0 Å². The second-order valence-corrected chi connectivity index (χ2v) is 6.76. The average molecular weight is 387 g/mol. The van der Waals surface area contributed by atoms with Gasteiger partial charge in [-0.2, -0.15) is 0 Å². The fourth-order valence-electron chi connectivity index (χ4n) is 2.87. The second kappa shape index (κ2) is 7.50. The van der Waals surface area contributed by atoms with Crippen molar-refractivity contribution in [2.45, 2.75) is 19.4 Å². The molecular weight excluding hydrogens is 371 g/mol. The van der Waals surface area contributed by atoms with Crippen LogP contribution < -0.4 is 0 Å². The third-order valence-corrected chi connectivity index (χ3v) is 4.75. The molecule has 2 aromatic carbocycles. The normalized spacial score (nSPS) is 12.5.